The van der Waals surface area contributed by atoms with Crippen LogP contribution >= 0.6 is 11.6 Å². The van der Waals surface area contributed by atoms with Crippen LogP contribution in [0.15, 0.2) is 41.3 Å². The zero-order chi connectivity index (χ0) is 18.2. The first kappa shape index (κ1) is 18.1. The summed E-state index contributed by atoms with van der Waals surface area (Å²) in [4.78, 5) is 1.70. The van der Waals surface area contributed by atoms with Crippen molar-refractivity contribution in [2.75, 3.05) is 31.1 Å². The number of hydrogen-bond donors (Lipinski definition) is 0. The van der Waals surface area contributed by atoms with Gasteiger partial charge in [-0.2, -0.15) is 4.31 Å². The van der Waals surface area contributed by atoms with Crippen LogP contribution in [-0.2, 0) is 10.0 Å². The molecule has 0 saturated carbocycles. The van der Waals surface area contributed by atoms with E-state index in [0.29, 0.717) is 10.6 Å². The van der Waals surface area contributed by atoms with Gasteiger partial charge in [0, 0.05) is 31.2 Å². The summed E-state index contributed by atoms with van der Waals surface area (Å²) in [6.45, 7) is 2.46. The predicted molar refractivity (Wildman–Crippen MR) is 93.5 cm³/mol. The van der Waals surface area contributed by atoms with E-state index in [4.69, 9.17) is 11.6 Å². The Balaban J connectivity index is 1.78. The molecule has 0 N–H and O–H groups in total. The van der Waals surface area contributed by atoms with Crippen molar-refractivity contribution in [3.8, 4) is 0 Å². The van der Waals surface area contributed by atoms with Gasteiger partial charge in [-0.05, 0) is 42.8 Å². The van der Waals surface area contributed by atoms with Crippen LogP contribution < -0.4 is 4.90 Å². The van der Waals surface area contributed by atoms with Crippen LogP contribution in [0.25, 0.3) is 0 Å². The molecule has 1 fully saturated rings. The minimum absolute atomic E-state index is 0.109. The second-order valence-corrected chi connectivity index (χ2v) is 8.22. The summed E-state index contributed by atoms with van der Waals surface area (Å²) in [6.07, 6.45) is 0. The molecule has 0 amide bonds. The molecule has 0 radical (unpaired) electrons. The molecule has 1 aliphatic rings. The Morgan fingerprint density at radius 1 is 1.00 bits per heavy atom. The highest BCUT2D eigenvalue weighted by Gasteiger charge is 2.30. The standard InChI is InChI=1S/C17H17ClF2N2O2S/c1-12-11-13(5-6-14(12)18)25(23,24)22-9-7-21(8-10-22)17-15(19)3-2-4-16(17)20/h2-6,11H,7-10H2,1H3. The molecular formula is C17H17ClF2N2O2S. The number of rotatable bonds is 3. The van der Waals surface area contributed by atoms with Gasteiger partial charge < -0.3 is 4.90 Å². The van der Waals surface area contributed by atoms with Gasteiger partial charge in [0.25, 0.3) is 0 Å². The molecule has 0 atom stereocenters. The fourth-order valence-electron chi connectivity index (χ4n) is 2.87. The minimum Gasteiger partial charge on any atom is -0.364 e. The lowest BCUT2D eigenvalue weighted by molar-refractivity contribution is 0.381. The van der Waals surface area contributed by atoms with Gasteiger partial charge in [0.15, 0.2) is 0 Å². The van der Waals surface area contributed by atoms with Crippen LogP contribution in [0.5, 0.6) is 0 Å². The quantitative estimate of drug-likeness (QED) is 0.811. The number of piperazine rings is 1. The molecule has 1 aliphatic heterocycles. The maximum atomic E-state index is 13.9. The fourth-order valence-corrected chi connectivity index (χ4v) is 4.50. The first-order chi connectivity index (χ1) is 11.8. The van der Waals surface area contributed by atoms with E-state index in [-0.39, 0.29) is 36.8 Å². The maximum absolute atomic E-state index is 13.9. The van der Waals surface area contributed by atoms with E-state index in [1.165, 1.54) is 39.5 Å². The highest BCUT2D eigenvalue weighted by atomic mass is 35.5. The smallest absolute Gasteiger partial charge is 0.243 e. The van der Waals surface area contributed by atoms with Crippen LogP contribution in [0.4, 0.5) is 14.5 Å². The topological polar surface area (TPSA) is 40.6 Å². The molecular weight excluding hydrogens is 370 g/mol. The molecule has 2 aromatic carbocycles. The Hall–Kier alpha value is -1.70. The number of anilines is 1. The summed E-state index contributed by atoms with van der Waals surface area (Å²) < 4.78 is 54.6. The Labute approximate surface area is 150 Å². The summed E-state index contributed by atoms with van der Waals surface area (Å²) >= 11 is 5.95. The third kappa shape index (κ3) is 3.49. The van der Waals surface area contributed by atoms with E-state index >= 15 is 0 Å². The van der Waals surface area contributed by atoms with Crippen molar-refractivity contribution in [3.05, 3.63) is 58.6 Å². The van der Waals surface area contributed by atoms with Gasteiger partial charge in [-0.3, -0.25) is 0 Å². The van der Waals surface area contributed by atoms with Crippen molar-refractivity contribution >= 4 is 27.3 Å². The molecule has 0 bridgehead atoms. The van der Waals surface area contributed by atoms with Crippen molar-refractivity contribution in [1.82, 2.24) is 4.31 Å². The van der Waals surface area contributed by atoms with E-state index in [1.807, 2.05) is 0 Å². The number of aryl methyl sites for hydroxylation is 1. The Kier molecular flexibility index (Phi) is 4.99. The zero-order valence-corrected chi connectivity index (χ0v) is 15.1. The molecule has 8 heteroatoms. The lowest BCUT2D eigenvalue weighted by Crippen LogP contribution is -2.49. The fraction of sp³-hybridized carbons (Fsp3) is 0.294. The zero-order valence-electron chi connectivity index (χ0n) is 13.5. The second kappa shape index (κ2) is 6.90. The Morgan fingerprint density at radius 3 is 2.16 bits per heavy atom. The Bertz CT molecular complexity index is 877. The van der Waals surface area contributed by atoms with Gasteiger partial charge >= 0.3 is 0 Å². The predicted octanol–water partition coefficient (Wildman–Crippen LogP) is 3.44. The van der Waals surface area contributed by atoms with Gasteiger partial charge in [0.2, 0.25) is 10.0 Å². The summed E-state index contributed by atoms with van der Waals surface area (Å²) in [7, 11) is -3.67. The highest BCUT2D eigenvalue weighted by molar-refractivity contribution is 7.89. The van der Waals surface area contributed by atoms with Gasteiger partial charge in [0.1, 0.15) is 17.3 Å². The van der Waals surface area contributed by atoms with Gasteiger partial charge in [0.05, 0.1) is 4.90 Å². The number of nitrogens with zero attached hydrogens (tertiary/aromatic N) is 2. The van der Waals surface area contributed by atoms with E-state index in [0.717, 1.165) is 0 Å². The molecule has 0 aromatic heterocycles. The van der Waals surface area contributed by atoms with Gasteiger partial charge in [-0.1, -0.05) is 17.7 Å². The first-order valence-electron chi connectivity index (χ1n) is 7.76. The first-order valence-corrected chi connectivity index (χ1v) is 9.58. The number of hydrogen-bond acceptors (Lipinski definition) is 3. The lowest BCUT2D eigenvalue weighted by atomic mass is 10.2. The molecule has 2 aromatic rings. The van der Waals surface area contributed by atoms with Gasteiger partial charge in [-0.25, -0.2) is 17.2 Å². The van der Waals surface area contributed by atoms with E-state index in [1.54, 1.807) is 13.0 Å². The van der Waals surface area contributed by atoms with E-state index in [9.17, 15) is 17.2 Å². The molecule has 0 aliphatic carbocycles. The molecule has 134 valence electrons. The number of para-hydroxylation sites is 1. The monoisotopic (exact) mass is 386 g/mol. The van der Waals surface area contributed by atoms with Crippen molar-refractivity contribution in [1.29, 1.82) is 0 Å². The summed E-state index contributed by atoms with van der Waals surface area (Å²) in [5.74, 6) is -1.30. The third-order valence-corrected chi connectivity index (χ3v) is 6.58. The van der Waals surface area contributed by atoms with Gasteiger partial charge in [-0.15, -0.1) is 0 Å². The minimum atomic E-state index is -3.67. The molecule has 0 spiro atoms. The molecule has 1 heterocycles. The van der Waals surface area contributed by atoms with Crippen LogP contribution in [-0.4, -0.2) is 38.9 Å². The van der Waals surface area contributed by atoms with Crippen molar-refractivity contribution in [2.45, 2.75) is 11.8 Å². The number of sulfonamides is 1. The lowest BCUT2D eigenvalue weighted by Gasteiger charge is -2.35. The maximum Gasteiger partial charge on any atom is 0.243 e. The van der Waals surface area contributed by atoms with Crippen molar-refractivity contribution in [2.24, 2.45) is 0 Å². The SMILES string of the molecule is Cc1cc(S(=O)(=O)N2CCN(c3c(F)cccc3F)CC2)ccc1Cl. The average Bonchev–Trinajstić information content (AvgIpc) is 2.57. The second-order valence-electron chi connectivity index (χ2n) is 5.87. The van der Waals surface area contributed by atoms with Crippen molar-refractivity contribution in [3.63, 3.8) is 0 Å². The van der Waals surface area contributed by atoms with Crippen LogP contribution in [0.3, 0.4) is 0 Å². The summed E-state index contributed by atoms with van der Waals surface area (Å²) in [5.41, 5.74) is 0.566. The highest BCUT2D eigenvalue weighted by Crippen LogP contribution is 2.27. The summed E-state index contributed by atoms with van der Waals surface area (Å²) in [6, 6.07) is 8.23. The normalized spacial score (nSPS) is 16.2. The molecule has 1 saturated heterocycles. The summed E-state index contributed by atoms with van der Waals surface area (Å²) in [5, 5.41) is 0.499. The van der Waals surface area contributed by atoms with Crippen LogP contribution in [0.2, 0.25) is 5.02 Å². The van der Waals surface area contributed by atoms with E-state index in [2.05, 4.69) is 0 Å². The average molecular weight is 387 g/mol. The largest absolute Gasteiger partial charge is 0.364 e. The number of halogens is 3. The molecule has 25 heavy (non-hydrogen) atoms. The van der Waals surface area contributed by atoms with Crippen LogP contribution in [0.1, 0.15) is 5.56 Å². The molecule has 3 rings (SSSR count). The third-order valence-electron chi connectivity index (χ3n) is 4.26. The molecule has 0 unspecified atom stereocenters. The Morgan fingerprint density at radius 2 is 1.60 bits per heavy atom. The molecule has 4 nitrogen and oxygen atoms in total. The van der Waals surface area contributed by atoms with Crippen molar-refractivity contribution < 1.29 is 17.2 Å². The number of benzene rings is 2. The van der Waals surface area contributed by atoms with Crippen LogP contribution in [0, 0.1) is 18.6 Å². The van der Waals surface area contributed by atoms with E-state index < -0.39 is 21.7 Å².